The van der Waals surface area contributed by atoms with Crippen LogP contribution in [0.2, 0.25) is 0 Å². The van der Waals surface area contributed by atoms with E-state index < -0.39 is 0 Å². The van der Waals surface area contributed by atoms with Gasteiger partial charge >= 0.3 is 0 Å². The summed E-state index contributed by atoms with van der Waals surface area (Å²) in [6, 6.07) is 17.2. The number of carbonyl (C=O) groups excluding carboxylic acids is 1. The maximum Gasteiger partial charge on any atom is 0.139 e. The highest BCUT2D eigenvalue weighted by molar-refractivity contribution is 5.83. The molecule has 0 spiro atoms. The van der Waals surface area contributed by atoms with Gasteiger partial charge in [0.1, 0.15) is 5.78 Å². The van der Waals surface area contributed by atoms with Gasteiger partial charge in [-0.15, -0.1) is 0 Å². The van der Waals surface area contributed by atoms with Crippen molar-refractivity contribution < 1.29 is 4.79 Å². The summed E-state index contributed by atoms with van der Waals surface area (Å²) in [6.07, 6.45) is 0.576. The van der Waals surface area contributed by atoms with Gasteiger partial charge in [-0.2, -0.15) is 0 Å². The van der Waals surface area contributed by atoms with Crippen molar-refractivity contribution in [3.05, 3.63) is 70.8 Å². The van der Waals surface area contributed by atoms with Crippen LogP contribution in [0.3, 0.4) is 0 Å². The maximum atomic E-state index is 12.5. The number of aryl methyl sites for hydroxylation is 2. The number of rotatable bonds is 2. The first-order chi connectivity index (χ1) is 10.5. The van der Waals surface area contributed by atoms with Crippen molar-refractivity contribution in [3.63, 3.8) is 0 Å². The lowest BCUT2D eigenvalue weighted by Gasteiger charge is -2.35. The number of hydrogen-bond donors (Lipinski definition) is 1. The Bertz CT molecular complexity index is 657. The Morgan fingerprint density at radius 3 is 1.91 bits per heavy atom. The lowest BCUT2D eigenvalue weighted by molar-refractivity contribution is -0.126. The molecule has 1 saturated heterocycles. The van der Waals surface area contributed by atoms with Crippen LogP contribution in [0.4, 0.5) is 0 Å². The number of nitrogens with one attached hydrogen (secondary N) is 1. The van der Waals surface area contributed by atoms with Crippen molar-refractivity contribution in [3.8, 4) is 0 Å². The monoisotopic (exact) mass is 293 g/mol. The van der Waals surface area contributed by atoms with E-state index in [1.165, 1.54) is 22.3 Å². The molecule has 1 heterocycles. The van der Waals surface area contributed by atoms with Gasteiger partial charge < -0.3 is 5.32 Å². The number of piperidine rings is 1. The molecule has 2 heteroatoms. The number of ketones is 1. The standard InChI is InChI=1S/C20H23NO/c1-13-4-8-16(9-5-13)18-12-19(22)15(3)20(21-18)17-10-6-14(2)7-11-17/h4-11,15,18,20-21H,12H2,1-3H3/t15-,18+,20+/m1/s1. The van der Waals surface area contributed by atoms with Crippen molar-refractivity contribution in [2.45, 2.75) is 39.3 Å². The van der Waals surface area contributed by atoms with Crippen molar-refractivity contribution >= 4 is 5.78 Å². The molecule has 3 atom stereocenters. The molecule has 1 aliphatic heterocycles. The third-order valence-electron chi connectivity index (χ3n) is 4.71. The van der Waals surface area contributed by atoms with Crippen molar-refractivity contribution in [2.24, 2.45) is 5.92 Å². The predicted molar refractivity (Wildman–Crippen MR) is 89.8 cm³/mol. The lowest BCUT2D eigenvalue weighted by atomic mass is 9.82. The van der Waals surface area contributed by atoms with Crippen molar-refractivity contribution in [1.29, 1.82) is 0 Å². The topological polar surface area (TPSA) is 29.1 Å². The summed E-state index contributed by atoms with van der Waals surface area (Å²) in [4.78, 5) is 12.5. The second kappa shape index (κ2) is 6.05. The second-order valence-corrected chi connectivity index (χ2v) is 6.48. The zero-order chi connectivity index (χ0) is 15.7. The zero-order valence-corrected chi connectivity index (χ0v) is 13.5. The van der Waals surface area contributed by atoms with Crippen LogP contribution in [0, 0.1) is 19.8 Å². The number of carbonyl (C=O) groups is 1. The molecular formula is C20H23NO. The highest BCUT2D eigenvalue weighted by atomic mass is 16.1. The summed E-state index contributed by atoms with van der Waals surface area (Å²) in [6.45, 7) is 6.20. The number of Topliss-reactive ketones (excluding diaryl/α,β-unsaturated/α-hetero) is 1. The summed E-state index contributed by atoms with van der Waals surface area (Å²) in [5.41, 5.74) is 4.88. The molecule has 0 unspecified atom stereocenters. The van der Waals surface area contributed by atoms with Crippen LogP contribution in [0.15, 0.2) is 48.5 Å². The Kier molecular flexibility index (Phi) is 4.12. The fourth-order valence-electron chi connectivity index (χ4n) is 3.16. The molecule has 2 nitrogen and oxygen atoms in total. The Labute approximate surface area is 132 Å². The Balaban J connectivity index is 1.88. The minimum absolute atomic E-state index is 0.0180. The molecule has 0 amide bonds. The molecular weight excluding hydrogens is 270 g/mol. The molecule has 2 aromatic carbocycles. The van der Waals surface area contributed by atoms with Gasteiger partial charge in [-0.25, -0.2) is 0 Å². The van der Waals surface area contributed by atoms with E-state index in [9.17, 15) is 4.79 Å². The van der Waals surface area contributed by atoms with E-state index in [-0.39, 0.29) is 18.0 Å². The fraction of sp³-hybridized carbons (Fsp3) is 0.350. The quantitative estimate of drug-likeness (QED) is 0.895. The summed E-state index contributed by atoms with van der Waals surface area (Å²) >= 11 is 0. The molecule has 2 aromatic rings. The number of benzene rings is 2. The van der Waals surface area contributed by atoms with Gasteiger partial charge in [0.25, 0.3) is 0 Å². The molecule has 3 rings (SSSR count). The zero-order valence-electron chi connectivity index (χ0n) is 13.5. The smallest absolute Gasteiger partial charge is 0.139 e. The van der Waals surface area contributed by atoms with Gasteiger partial charge in [0.15, 0.2) is 0 Å². The first-order valence-electron chi connectivity index (χ1n) is 7.96. The van der Waals surface area contributed by atoms with Crippen molar-refractivity contribution in [2.75, 3.05) is 0 Å². The van der Waals surface area contributed by atoms with Crippen molar-refractivity contribution in [1.82, 2.24) is 5.32 Å². The first-order valence-corrected chi connectivity index (χ1v) is 7.96. The van der Waals surface area contributed by atoms with Crippen LogP contribution in [0.5, 0.6) is 0 Å². The molecule has 0 aliphatic carbocycles. The molecule has 0 bridgehead atoms. The highest BCUT2D eigenvalue weighted by Crippen LogP contribution is 2.34. The van der Waals surface area contributed by atoms with Crippen LogP contribution in [0.1, 0.15) is 47.7 Å². The summed E-state index contributed by atoms with van der Waals surface area (Å²) < 4.78 is 0. The van der Waals surface area contributed by atoms with E-state index >= 15 is 0 Å². The fourth-order valence-corrected chi connectivity index (χ4v) is 3.16. The minimum atomic E-state index is 0.0180. The Hall–Kier alpha value is -1.93. The Morgan fingerprint density at radius 1 is 0.864 bits per heavy atom. The highest BCUT2D eigenvalue weighted by Gasteiger charge is 2.34. The van der Waals surface area contributed by atoms with Crippen LogP contribution in [0.25, 0.3) is 0 Å². The summed E-state index contributed by atoms with van der Waals surface area (Å²) in [5, 5.41) is 3.68. The average Bonchev–Trinajstić information content (AvgIpc) is 2.52. The summed E-state index contributed by atoms with van der Waals surface area (Å²) in [5.74, 6) is 0.360. The lowest BCUT2D eigenvalue weighted by Crippen LogP contribution is -2.41. The maximum absolute atomic E-state index is 12.5. The second-order valence-electron chi connectivity index (χ2n) is 6.48. The van der Waals surface area contributed by atoms with E-state index in [1.54, 1.807) is 0 Å². The minimum Gasteiger partial charge on any atom is -0.302 e. The molecule has 0 aromatic heterocycles. The van der Waals surface area contributed by atoms with Gasteiger partial charge in [0.05, 0.1) is 0 Å². The van der Waals surface area contributed by atoms with Crippen LogP contribution >= 0.6 is 0 Å². The van der Waals surface area contributed by atoms with Gasteiger partial charge in [-0.05, 0) is 25.0 Å². The molecule has 114 valence electrons. The molecule has 1 aliphatic rings. The van der Waals surface area contributed by atoms with Gasteiger partial charge in [0, 0.05) is 24.4 Å². The van der Waals surface area contributed by atoms with Gasteiger partial charge in [-0.3, -0.25) is 4.79 Å². The normalized spacial score (nSPS) is 25.2. The van der Waals surface area contributed by atoms with E-state index in [4.69, 9.17) is 0 Å². The SMILES string of the molecule is Cc1ccc([C@@H]2CC(=O)[C@@H](C)[C@@H](c3ccc(C)cc3)N2)cc1. The Morgan fingerprint density at radius 2 is 1.36 bits per heavy atom. The molecule has 0 radical (unpaired) electrons. The molecule has 1 N–H and O–H groups in total. The van der Waals surface area contributed by atoms with E-state index in [2.05, 4.69) is 67.7 Å². The van der Waals surface area contributed by atoms with E-state index in [0.717, 1.165) is 0 Å². The largest absolute Gasteiger partial charge is 0.302 e. The van der Waals surface area contributed by atoms with Crippen LogP contribution < -0.4 is 5.32 Å². The van der Waals surface area contributed by atoms with E-state index in [0.29, 0.717) is 12.2 Å². The predicted octanol–water partition coefficient (Wildman–Crippen LogP) is 4.28. The molecule has 1 fully saturated rings. The van der Waals surface area contributed by atoms with Crippen LogP contribution in [-0.2, 0) is 4.79 Å². The first kappa shape index (κ1) is 15.0. The summed E-state index contributed by atoms with van der Waals surface area (Å²) in [7, 11) is 0. The average molecular weight is 293 g/mol. The molecule has 22 heavy (non-hydrogen) atoms. The number of hydrogen-bond acceptors (Lipinski definition) is 2. The van der Waals surface area contributed by atoms with Gasteiger partial charge in [-0.1, -0.05) is 66.6 Å². The molecule has 0 saturated carbocycles. The third kappa shape index (κ3) is 2.97. The third-order valence-corrected chi connectivity index (χ3v) is 4.71. The van der Waals surface area contributed by atoms with Crippen LogP contribution in [-0.4, -0.2) is 5.78 Å². The van der Waals surface area contributed by atoms with E-state index in [1.807, 2.05) is 6.92 Å². The van der Waals surface area contributed by atoms with Gasteiger partial charge in [0.2, 0.25) is 0 Å².